The van der Waals surface area contributed by atoms with Gasteiger partial charge in [-0.15, -0.1) is 0 Å². The molecule has 2 aromatic carbocycles. The highest BCUT2D eigenvalue weighted by molar-refractivity contribution is 6.04. The van der Waals surface area contributed by atoms with Crippen molar-refractivity contribution in [3.8, 4) is 11.5 Å². The number of methoxy groups -OCH3 is 3. The first-order valence-corrected chi connectivity index (χ1v) is 11.7. The van der Waals surface area contributed by atoms with Crippen LogP contribution in [-0.2, 0) is 19.1 Å². The van der Waals surface area contributed by atoms with E-state index in [0.29, 0.717) is 40.3 Å². The quantitative estimate of drug-likeness (QED) is 0.430. The maximum atomic E-state index is 13.7. The molecule has 1 heterocycles. The summed E-state index contributed by atoms with van der Waals surface area (Å²) in [6.45, 7) is 2.13. The molecule has 7 nitrogen and oxygen atoms in total. The lowest BCUT2D eigenvalue weighted by Gasteiger charge is -2.36. The minimum Gasteiger partial charge on any atom is -0.493 e. The summed E-state index contributed by atoms with van der Waals surface area (Å²) in [4.78, 5) is 26.8. The van der Waals surface area contributed by atoms with Crippen LogP contribution >= 0.6 is 0 Å². The zero-order valence-electron chi connectivity index (χ0n) is 20.9. The molecule has 1 N–H and O–H groups in total. The normalized spacial score (nSPS) is 19.5. The van der Waals surface area contributed by atoms with E-state index in [4.69, 9.17) is 18.9 Å². The second kappa shape index (κ2) is 11.0. The van der Waals surface area contributed by atoms with Crippen molar-refractivity contribution in [2.45, 2.75) is 31.6 Å². The smallest absolute Gasteiger partial charge is 0.336 e. The standard InChI is InChI=1S/C28H30FNO6/c1-16-25(28(32)36-12-11-33-2)26(17-5-8-20(29)9-6-17)27-21(30-16)13-19(14-22(27)31)18-7-10-23(34-3)24(15-18)35-4/h5-10,15,19,26,30H,11-14H2,1-4H3/t19-,26+/m0/s1. The van der Waals surface area contributed by atoms with E-state index in [2.05, 4.69) is 5.32 Å². The Hall–Kier alpha value is -3.65. The fraction of sp³-hybridized carbons (Fsp3) is 0.357. The maximum absolute atomic E-state index is 13.7. The minimum atomic E-state index is -0.657. The highest BCUT2D eigenvalue weighted by Gasteiger charge is 2.41. The highest BCUT2D eigenvalue weighted by atomic mass is 19.1. The summed E-state index contributed by atoms with van der Waals surface area (Å²) in [6.07, 6.45) is 0.830. The van der Waals surface area contributed by atoms with Crippen molar-refractivity contribution >= 4 is 11.8 Å². The van der Waals surface area contributed by atoms with Crippen molar-refractivity contribution < 1.29 is 32.9 Å². The number of allylic oxidation sites excluding steroid dienone is 3. The third-order valence-electron chi connectivity index (χ3n) is 6.65. The molecule has 0 amide bonds. The monoisotopic (exact) mass is 495 g/mol. The van der Waals surface area contributed by atoms with Crippen LogP contribution in [-0.4, -0.2) is 46.3 Å². The molecule has 2 aliphatic rings. The zero-order chi connectivity index (χ0) is 25.8. The highest BCUT2D eigenvalue weighted by Crippen LogP contribution is 2.46. The molecule has 2 atom stereocenters. The third kappa shape index (κ3) is 4.99. The summed E-state index contributed by atoms with van der Waals surface area (Å²) >= 11 is 0. The SMILES string of the molecule is COCCOC(=O)C1=C(C)NC2=C(C(=O)C[C@@H](c3ccc(OC)c(OC)c3)C2)[C@@H]1c1ccc(F)cc1. The number of rotatable bonds is 8. The van der Waals surface area contributed by atoms with E-state index >= 15 is 0 Å². The summed E-state index contributed by atoms with van der Waals surface area (Å²) in [7, 11) is 4.67. The second-order valence-corrected chi connectivity index (χ2v) is 8.81. The summed E-state index contributed by atoms with van der Waals surface area (Å²) in [6, 6.07) is 11.5. The van der Waals surface area contributed by atoms with Gasteiger partial charge in [-0.05, 0) is 54.7 Å². The van der Waals surface area contributed by atoms with Gasteiger partial charge < -0.3 is 24.3 Å². The Bertz CT molecular complexity index is 1220. The first-order chi connectivity index (χ1) is 17.4. The first kappa shape index (κ1) is 25.4. The van der Waals surface area contributed by atoms with E-state index in [-0.39, 0.29) is 31.3 Å². The van der Waals surface area contributed by atoms with E-state index in [0.717, 1.165) is 11.3 Å². The van der Waals surface area contributed by atoms with Crippen LogP contribution in [0.3, 0.4) is 0 Å². The summed E-state index contributed by atoms with van der Waals surface area (Å²) < 4.78 is 34.9. The molecule has 0 unspecified atom stereocenters. The molecule has 1 aliphatic carbocycles. The van der Waals surface area contributed by atoms with Gasteiger partial charge in [-0.25, -0.2) is 9.18 Å². The van der Waals surface area contributed by atoms with Gasteiger partial charge in [0, 0.05) is 36.4 Å². The number of nitrogens with one attached hydrogen (secondary N) is 1. The Morgan fingerprint density at radius 2 is 1.67 bits per heavy atom. The molecule has 36 heavy (non-hydrogen) atoms. The minimum absolute atomic E-state index is 0.0763. The van der Waals surface area contributed by atoms with E-state index in [1.807, 2.05) is 18.2 Å². The van der Waals surface area contributed by atoms with Crippen LogP contribution in [0.25, 0.3) is 0 Å². The van der Waals surface area contributed by atoms with Crippen LogP contribution in [0.1, 0.15) is 42.7 Å². The topological polar surface area (TPSA) is 83.1 Å². The van der Waals surface area contributed by atoms with E-state index in [1.165, 1.54) is 19.2 Å². The number of halogens is 1. The molecule has 2 aromatic rings. The van der Waals surface area contributed by atoms with Gasteiger partial charge in [0.1, 0.15) is 12.4 Å². The molecule has 0 saturated carbocycles. The number of ether oxygens (including phenoxy) is 4. The van der Waals surface area contributed by atoms with Gasteiger partial charge in [0.25, 0.3) is 0 Å². The molecular weight excluding hydrogens is 465 g/mol. The molecule has 0 aromatic heterocycles. The van der Waals surface area contributed by atoms with Crippen LogP contribution < -0.4 is 14.8 Å². The van der Waals surface area contributed by atoms with Crippen LogP contribution in [0.4, 0.5) is 4.39 Å². The predicted molar refractivity (Wildman–Crippen MR) is 131 cm³/mol. The van der Waals surface area contributed by atoms with Crippen molar-refractivity contribution in [1.82, 2.24) is 5.32 Å². The number of carbonyl (C=O) groups is 2. The largest absolute Gasteiger partial charge is 0.493 e. The van der Waals surface area contributed by atoms with Crippen LogP contribution in [0.5, 0.6) is 11.5 Å². The molecule has 0 saturated heterocycles. The van der Waals surface area contributed by atoms with Crippen molar-refractivity contribution in [1.29, 1.82) is 0 Å². The number of hydrogen-bond acceptors (Lipinski definition) is 7. The Labute approximate surface area is 209 Å². The Morgan fingerprint density at radius 3 is 2.33 bits per heavy atom. The predicted octanol–water partition coefficient (Wildman–Crippen LogP) is 4.39. The lowest BCUT2D eigenvalue weighted by atomic mass is 9.71. The number of esters is 1. The van der Waals surface area contributed by atoms with Gasteiger partial charge in [0.05, 0.1) is 26.4 Å². The molecule has 4 rings (SSSR count). The number of benzene rings is 2. The van der Waals surface area contributed by atoms with Crippen LogP contribution in [0.2, 0.25) is 0 Å². The second-order valence-electron chi connectivity index (χ2n) is 8.81. The number of ketones is 1. The summed E-state index contributed by atoms with van der Waals surface area (Å²) in [5, 5.41) is 3.31. The molecule has 0 radical (unpaired) electrons. The van der Waals surface area contributed by atoms with Gasteiger partial charge in [0.2, 0.25) is 0 Å². The van der Waals surface area contributed by atoms with Gasteiger partial charge >= 0.3 is 5.97 Å². The van der Waals surface area contributed by atoms with Crippen LogP contribution in [0.15, 0.2) is 65.0 Å². The fourth-order valence-corrected chi connectivity index (χ4v) is 4.94. The lowest BCUT2D eigenvalue weighted by Crippen LogP contribution is -2.36. The van der Waals surface area contributed by atoms with Gasteiger partial charge in [0.15, 0.2) is 17.3 Å². The van der Waals surface area contributed by atoms with Gasteiger partial charge in [-0.1, -0.05) is 18.2 Å². The first-order valence-electron chi connectivity index (χ1n) is 11.7. The van der Waals surface area contributed by atoms with E-state index in [1.54, 1.807) is 33.3 Å². The zero-order valence-corrected chi connectivity index (χ0v) is 20.9. The fourth-order valence-electron chi connectivity index (χ4n) is 4.94. The maximum Gasteiger partial charge on any atom is 0.336 e. The van der Waals surface area contributed by atoms with Crippen molar-refractivity contribution in [2.24, 2.45) is 0 Å². The summed E-state index contributed by atoms with van der Waals surface area (Å²) in [5.74, 6) is -0.530. The number of carbonyl (C=O) groups excluding carboxylic acids is 2. The average molecular weight is 496 g/mol. The molecule has 8 heteroatoms. The summed E-state index contributed by atoms with van der Waals surface area (Å²) in [5.41, 5.74) is 3.83. The van der Waals surface area contributed by atoms with Crippen molar-refractivity contribution in [3.63, 3.8) is 0 Å². The molecule has 0 fully saturated rings. The van der Waals surface area contributed by atoms with Gasteiger partial charge in [-0.2, -0.15) is 0 Å². The Kier molecular flexibility index (Phi) is 7.74. The van der Waals surface area contributed by atoms with Crippen molar-refractivity contribution in [2.75, 3.05) is 34.5 Å². The van der Waals surface area contributed by atoms with Crippen molar-refractivity contribution in [3.05, 3.63) is 81.9 Å². The Morgan fingerprint density at radius 1 is 0.972 bits per heavy atom. The molecular formula is C28H30FNO6. The lowest BCUT2D eigenvalue weighted by molar-refractivity contribution is -0.140. The molecule has 190 valence electrons. The molecule has 0 spiro atoms. The van der Waals surface area contributed by atoms with E-state index < -0.39 is 17.7 Å². The molecule has 0 bridgehead atoms. The number of hydrogen-bond donors (Lipinski definition) is 1. The number of dihydropyridines is 1. The van der Waals surface area contributed by atoms with E-state index in [9.17, 15) is 14.0 Å². The Balaban J connectivity index is 1.73. The molecule has 1 aliphatic heterocycles. The number of Topliss-reactive ketones (excluding diaryl/α,β-unsaturated/α-hetero) is 1. The average Bonchev–Trinajstić information content (AvgIpc) is 2.87. The third-order valence-corrected chi connectivity index (χ3v) is 6.65. The van der Waals surface area contributed by atoms with Gasteiger partial charge in [-0.3, -0.25) is 4.79 Å². The van der Waals surface area contributed by atoms with Crippen LogP contribution in [0, 0.1) is 5.82 Å².